The van der Waals surface area contributed by atoms with Gasteiger partial charge >= 0.3 is 0 Å². The van der Waals surface area contributed by atoms with Gasteiger partial charge in [-0.2, -0.15) is 11.8 Å². The minimum atomic E-state index is -0.207. The Balaban J connectivity index is 1.88. The van der Waals surface area contributed by atoms with Gasteiger partial charge in [-0.05, 0) is 55.0 Å². The SMILES string of the molecule is CSCC[C@H](NC(=O)[C@@H](CC(C)C)n1cccc1)c1nc2ccccc2n1C. The van der Waals surface area contributed by atoms with E-state index in [0.29, 0.717) is 5.92 Å². The summed E-state index contributed by atoms with van der Waals surface area (Å²) in [5.74, 6) is 2.37. The van der Waals surface area contributed by atoms with Gasteiger partial charge in [-0.25, -0.2) is 4.98 Å². The highest BCUT2D eigenvalue weighted by atomic mass is 32.2. The lowest BCUT2D eigenvalue weighted by Crippen LogP contribution is -2.37. The Morgan fingerprint density at radius 3 is 2.54 bits per heavy atom. The van der Waals surface area contributed by atoms with Crippen molar-refractivity contribution < 1.29 is 4.79 Å². The predicted octanol–water partition coefficient (Wildman–Crippen LogP) is 4.57. The first-order chi connectivity index (χ1) is 13.5. The lowest BCUT2D eigenvalue weighted by molar-refractivity contribution is -0.125. The first-order valence-electron chi connectivity index (χ1n) is 9.84. The number of hydrogen-bond acceptors (Lipinski definition) is 3. The maximum atomic E-state index is 13.3. The van der Waals surface area contributed by atoms with Crippen molar-refractivity contribution in [2.24, 2.45) is 13.0 Å². The smallest absolute Gasteiger partial charge is 0.243 e. The number of para-hydroxylation sites is 2. The maximum Gasteiger partial charge on any atom is 0.243 e. The molecule has 5 nitrogen and oxygen atoms in total. The number of nitrogens with one attached hydrogen (secondary N) is 1. The molecule has 0 bridgehead atoms. The average molecular weight is 399 g/mol. The number of carbonyl (C=O) groups excluding carboxylic acids is 1. The second kappa shape index (κ2) is 9.32. The summed E-state index contributed by atoms with van der Waals surface area (Å²) in [7, 11) is 2.03. The zero-order valence-electron chi connectivity index (χ0n) is 17.1. The van der Waals surface area contributed by atoms with Crippen molar-refractivity contribution in [3.8, 4) is 0 Å². The predicted molar refractivity (Wildman–Crippen MR) is 118 cm³/mol. The van der Waals surface area contributed by atoms with Crippen LogP contribution in [0.5, 0.6) is 0 Å². The van der Waals surface area contributed by atoms with Crippen LogP contribution in [0.1, 0.15) is 44.6 Å². The summed E-state index contributed by atoms with van der Waals surface area (Å²) in [6, 6.07) is 11.7. The normalized spacial score (nSPS) is 13.8. The van der Waals surface area contributed by atoms with E-state index in [0.717, 1.165) is 35.5 Å². The van der Waals surface area contributed by atoms with Crippen molar-refractivity contribution in [1.82, 2.24) is 19.4 Å². The van der Waals surface area contributed by atoms with Crippen molar-refractivity contribution >= 4 is 28.7 Å². The molecule has 3 rings (SSSR count). The standard InChI is InChI=1S/C22H30N4OS/c1-16(2)15-20(26-12-7-8-13-26)22(27)24-18(11-14-28-4)21-23-17-9-5-6-10-19(17)25(21)3/h5-10,12-13,16,18,20H,11,14-15H2,1-4H3,(H,24,27)/t18-,20+/m0/s1. The van der Waals surface area contributed by atoms with Gasteiger partial charge < -0.3 is 14.5 Å². The van der Waals surface area contributed by atoms with Gasteiger partial charge in [0.1, 0.15) is 11.9 Å². The molecule has 1 aromatic carbocycles. The van der Waals surface area contributed by atoms with Crippen molar-refractivity contribution in [2.75, 3.05) is 12.0 Å². The molecule has 0 unspecified atom stereocenters. The topological polar surface area (TPSA) is 51.9 Å². The summed E-state index contributed by atoms with van der Waals surface area (Å²) < 4.78 is 4.11. The molecule has 1 N–H and O–H groups in total. The summed E-state index contributed by atoms with van der Waals surface area (Å²) in [5.41, 5.74) is 2.05. The molecule has 0 aliphatic rings. The second-order valence-electron chi connectivity index (χ2n) is 7.64. The molecule has 2 heterocycles. The zero-order valence-corrected chi connectivity index (χ0v) is 17.9. The number of thioether (sulfide) groups is 1. The fraction of sp³-hybridized carbons (Fsp3) is 0.455. The van der Waals surface area contributed by atoms with Crippen molar-refractivity contribution in [1.29, 1.82) is 0 Å². The van der Waals surface area contributed by atoms with Crippen LogP contribution in [-0.4, -0.2) is 32.0 Å². The van der Waals surface area contributed by atoms with Crippen LogP contribution in [0.4, 0.5) is 0 Å². The molecule has 0 saturated carbocycles. The van der Waals surface area contributed by atoms with E-state index in [-0.39, 0.29) is 18.0 Å². The van der Waals surface area contributed by atoms with Crippen LogP contribution in [0.3, 0.4) is 0 Å². The fourth-order valence-electron chi connectivity index (χ4n) is 3.61. The van der Waals surface area contributed by atoms with Crippen LogP contribution in [0.25, 0.3) is 11.0 Å². The number of imidazole rings is 1. The number of aromatic nitrogens is 3. The van der Waals surface area contributed by atoms with Gasteiger partial charge in [-0.3, -0.25) is 4.79 Å². The van der Waals surface area contributed by atoms with E-state index in [4.69, 9.17) is 4.98 Å². The summed E-state index contributed by atoms with van der Waals surface area (Å²) in [6.45, 7) is 4.31. The van der Waals surface area contributed by atoms with Crippen molar-refractivity contribution in [2.45, 2.75) is 38.8 Å². The van der Waals surface area contributed by atoms with Gasteiger partial charge in [0, 0.05) is 19.4 Å². The minimum Gasteiger partial charge on any atom is -0.344 e. The number of carbonyl (C=O) groups is 1. The number of rotatable bonds is 9. The highest BCUT2D eigenvalue weighted by Gasteiger charge is 2.26. The Kier molecular flexibility index (Phi) is 6.83. The summed E-state index contributed by atoms with van der Waals surface area (Å²) in [6.07, 6.45) is 7.69. The molecule has 6 heteroatoms. The Morgan fingerprint density at radius 2 is 1.89 bits per heavy atom. The Bertz CT molecular complexity index is 901. The number of aryl methyl sites for hydroxylation is 1. The first kappa shape index (κ1) is 20.5. The monoisotopic (exact) mass is 398 g/mol. The molecule has 3 aromatic rings. The molecule has 0 aliphatic heterocycles. The fourth-order valence-corrected chi connectivity index (χ4v) is 4.08. The van der Waals surface area contributed by atoms with E-state index in [1.54, 1.807) is 11.8 Å². The van der Waals surface area contributed by atoms with Crippen molar-refractivity contribution in [3.63, 3.8) is 0 Å². The van der Waals surface area contributed by atoms with Crippen LogP contribution in [0, 0.1) is 5.92 Å². The van der Waals surface area contributed by atoms with Crippen LogP contribution >= 0.6 is 11.8 Å². The van der Waals surface area contributed by atoms with E-state index >= 15 is 0 Å². The summed E-state index contributed by atoms with van der Waals surface area (Å²) in [5, 5.41) is 3.31. The molecule has 2 atom stereocenters. The van der Waals surface area contributed by atoms with Gasteiger partial charge in [0.15, 0.2) is 0 Å². The summed E-state index contributed by atoms with van der Waals surface area (Å²) in [4.78, 5) is 18.1. The third kappa shape index (κ3) is 4.61. The summed E-state index contributed by atoms with van der Waals surface area (Å²) >= 11 is 1.79. The molecule has 0 spiro atoms. The van der Waals surface area contributed by atoms with Crippen LogP contribution in [0.15, 0.2) is 48.8 Å². The quantitative estimate of drug-likeness (QED) is 0.574. The molecule has 0 fully saturated rings. The molecule has 1 amide bonds. The van der Waals surface area contributed by atoms with Crippen LogP contribution < -0.4 is 5.32 Å². The third-order valence-electron chi connectivity index (χ3n) is 5.05. The third-order valence-corrected chi connectivity index (χ3v) is 5.69. The number of fused-ring (bicyclic) bond motifs is 1. The maximum absolute atomic E-state index is 13.3. The van der Waals surface area contributed by atoms with Gasteiger partial charge in [-0.15, -0.1) is 0 Å². The lowest BCUT2D eigenvalue weighted by Gasteiger charge is -2.24. The largest absolute Gasteiger partial charge is 0.344 e. The second-order valence-corrected chi connectivity index (χ2v) is 8.62. The molecule has 28 heavy (non-hydrogen) atoms. The molecule has 2 aromatic heterocycles. The molecule has 0 saturated heterocycles. The Hall–Kier alpha value is -2.21. The van der Waals surface area contributed by atoms with E-state index in [1.165, 1.54) is 0 Å². The molecule has 150 valence electrons. The van der Waals surface area contributed by atoms with E-state index in [9.17, 15) is 4.79 Å². The molecule has 0 aliphatic carbocycles. The number of hydrogen-bond donors (Lipinski definition) is 1. The highest BCUT2D eigenvalue weighted by molar-refractivity contribution is 7.98. The van der Waals surface area contributed by atoms with Crippen molar-refractivity contribution in [3.05, 3.63) is 54.6 Å². The molecule has 0 radical (unpaired) electrons. The van der Waals surface area contributed by atoms with Crippen LogP contribution in [-0.2, 0) is 11.8 Å². The Morgan fingerprint density at radius 1 is 1.18 bits per heavy atom. The number of benzene rings is 1. The van der Waals surface area contributed by atoms with E-state index in [1.807, 2.05) is 54.3 Å². The lowest BCUT2D eigenvalue weighted by atomic mass is 10.0. The van der Waals surface area contributed by atoms with Gasteiger partial charge in [0.25, 0.3) is 0 Å². The van der Waals surface area contributed by atoms with Crippen LogP contribution in [0.2, 0.25) is 0 Å². The first-order valence-corrected chi connectivity index (χ1v) is 11.2. The Labute approximate surface area is 171 Å². The van der Waals surface area contributed by atoms with Gasteiger partial charge in [0.2, 0.25) is 5.91 Å². The number of nitrogens with zero attached hydrogens (tertiary/aromatic N) is 3. The van der Waals surface area contributed by atoms with Gasteiger partial charge in [-0.1, -0.05) is 26.0 Å². The number of amides is 1. The molecular formula is C22H30N4OS. The van der Waals surface area contributed by atoms with E-state index in [2.05, 4.69) is 36.1 Å². The highest BCUT2D eigenvalue weighted by Crippen LogP contribution is 2.25. The zero-order chi connectivity index (χ0) is 20.1. The minimum absolute atomic E-state index is 0.0584. The van der Waals surface area contributed by atoms with Gasteiger partial charge in [0.05, 0.1) is 17.1 Å². The average Bonchev–Trinajstić information content (AvgIpc) is 3.32. The molecular weight excluding hydrogens is 368 g/mol. The van der Waals surface area contributed by atoms with E-state index < -0.39 is 0 Å².